The number of amides is 1. The van der Waals surface area contributed by atoms with Crippen LogP contribution in [0.4, 0.5) is 8.78 Å². The molecule has 0 saturated carbocycles. The zero-order chi connectivity index (χ0) is 19.4. The third-order valence-electron chi connectivity index (χ3n) is 4.57. The van der Waals surface area contributed by atoms with Crippen LogP contribution in [-0.4, -0.2) is 49.7 Å². The Morgan fingerprint density at radius 3 is 2.30 bits per heavy atom. The summed E-state index contributed by atoms with van der Waals surface area (Å²) < 4.78 is 53.4. The summed E-state index contributed by atoms with van der Waals surface area (Å²) in [5, 5.41) is 0. The maximum atomic E-state index is 13.8. The average Bonchev–Trinajstić information content (AvgIpc) is 2.68. The van der Waals surface area contributed by atoms with Crippen LogP contribution in [0.5, 0.6) is 0 Å². The van der Waals surface area contributed by atoms with Gasteiger partial charge in [0.25, 0.3) is 0 Å². The lowest BCUT2D eigenvalue weighted by molar-refractivity contribution is -0.132. The Morgan fingerprint density at radius 2 is 1.63 bits per heavy atom. The Kier molecular flexibility index (Phi) is 5.86. The van der Waals surface area contributed by atoms with Crippen LogP contribution in [-0.2, 0) is 21.2 Å². The third-order valence-corrected chi connectivity index (χ3v) is 6.49. The quantitative estimate of drug-likeness (QED) is 0.783. The molecule has 27 heavy (non-hydrogen) atoms. The van der Waals surface area contributed by atoms with Gasteiger partial charge in [0.2, 0.25) is 15.9 Å². The fourth-order valence-corrected chi connectivity index (χ4v) is 4.54. The highest BCUT2D eigenvalue weighted by atomic mass is 32.2. The van der Waals surface area contributed by atoms with Crippen molar-refractivity contribution in [1.82, 2.24) is 9.21 Å². The molecule has 0 aliphatic carbocycles. The van der Waals surface area contributed by atoms with E-state index in [1.165, 1.54) is 0 Å². The smallest absolute Gasteiger partial charge is 0.246 e. The fraction of sp³-hybridized carbons (Fsp3) is 0.316. The predicted molar refractivity (Wildman–Crippen MR) is 96.5 cm³/mol. The topological polar surface area (TPSA) is 57.7 Å². The minimum absolute atomic E-state index is 0.0483. The Hall–Kier alpha value is -2.32. The zero-order valence-corrected chi connectivity index (χ0v) is 15.5. The van der Waals surface area contributed by atoms with Gasteiger partial charge in [0.05, 0.1) is 0 Å². The van der Waals surface area contributed by atoms with Gasteiger partial charge in [-0.25, -0.2) is 17.2 Å². The highest BCUT2D eigenvalue weighted by Gasteiger charge is 2.32. The lowest BCUT2D eigenvalue weighted by Crippen LogP contribution is -2.50. The first-order chi connectivity index (χ1) is 12.9. The second kappa shape index (κ2) is 8.14. The van der Waals surface area contributed by atoms with E-state index in [1.54, 1.807) is 4.90 Å². The Labute approximate surface area is 157 Å². The van der Waals surface area contributed by atoms with E-state index in [1.807, 2.05) is 30.3 Å². The predicted octanol–water partition coefficient (Wildman–Crippen LogP) is 2.43. The maximum absolute atomic E-state index is 13.8. The number of piperazine rings is 1. The molecule has 1 saturated heterocycles. The van der Waals surface area contributed by atoms with Crippen molar-refractivity contribution in [2.75, 3.05) is 26.2 Å². The largest absolute Gasteiger partial charge is 0.340 e. The molecule has 5 nitrogen and oxygen atoms in total. The second-order valence-corrected chi connectivity index (χ2v) is 8.25. The molecule has 0 radical (unpaired) electrons. The summed E-state index contributed by atoms with van der Waals surface area (Å²) in [5.41, 5.74) is 1.06. The van der Waals surface area contributed by atoms with Gasteiger partial charge >= 0.3 is 0 Å². The van der Waals surface area contributed by atoms with Gasteiger partial charge < -0.3 is 4.90 Å². The monoisotopic (exact) mass is 394 g/mol. The number of hydrogen-bond acceptors (Lipinski definition) is 3. The minimum Gasteiger partial charge on any atom is -0.340 e. The molecular weight excluding hydrogens is 374 g/mol. The van der Waals surface area contributed by atoms with Crippen LogP contribution in [0.25, 0.3) is 0 Å². The summed E-state index contributed by atoms with van der Waals surface area (Å²) in [6, 6.07) is 12.0. The molecule has 0 spiro atoms. The number of rotatable bonds is 5. The molecule has 0 aromatic heterocycles. The van der Waals surface area contributed by atoms with Crippen LogP contribution >= 0.6 is 0 Å². The Morgan fingerprint density at radius 1 is 0.963 bits per heavy atom. The molecule has 1 aliphatic heterocycles. The summed E-state index contributed by atoms with van der Waals surface area (Å²) >= 11 is 0. The second-order valence-electron chi connectivity index (χ2n) is 6.35. The van der Waals surface area contributed by atoms with Crippen LogP contribution in [0.3, 0.4) is 0 Å². The highest BCUT2D eigenvalue weighted by molar-refractivity contribution is 7.89. The van der Waals surface area contributed by atoms with Gasteiger partial charge in [-0.2, -0.15) is 4.31 Å². The number of nitrogens with zero attached hydrogens (tertiary/aromatic N) is 2. The maximum Gasteiger partial charge on any atom is 0.246 e. The molecular formula is C19H20F2N2O3S. The molecule has 2 aromatic rings. The molecule has 0 N–H and O–H groups in total. The molecule has 0 unspecified atom stereocenters. The molecule has 1 heterocycles. The van der Waals surface area contributed by atoms with Gasteiger partial charge in [-0.3, -0.25) is 4.79 Å². The number of carbonyl (C=O) groups is 1. The van der Waals surface area contributed by atoms with Gasteiger partial charge in [-0.15, -0.1) is 0 Å². The van der Waals surface area contributed by atoms with Crippen molar-refractivity contribution in [2.24, 2.45) is 0 Å². The first-order valence-corrected chi connectivity index (χ1v) is 10.1. The van der Waals surface area contributed by atoms with E-state index in [0.29, 0.717) is 18.9 Å². The van der Waals surface area contributed by atoms with E-state index in [2.05, 4.69) is 0 Å². The Bertz CT molecular complexity index is 912. The average molecular weight is 394 g/mol. The van der Waals surface area contributed by atoms with E-state index in [4.69, 9.17) is 0 Å². The first kappa shape index (κ1) is 19.4. The summed E-state index contributed by atoms with van der Waals surface area (Å²) in [6.07, 6.45) is 0.960. The number of hydrogen-bond donors (Lipinski definition) is 0. The summed E-state index contributed by atoms with van der Waals surface area (Å²) in [5.74, 6) is -1.85. The van der Waals surface area contributed by atoms with E-state index in [0.717, 1.165) is 22.0 Å². The third kappa shape index (κ3) is 4.51. The van der Waals surface area contributed by atoms with Gasteiger partial charge in [0, 0.05) is 32.6 Å². The van der Waals surface area contributed by atoms with Crippen LogP contribution in [0.1, 0.15) is 12.0 Å². The molecule has 0 atom stereocenters. The van der Waals surface area contributed by atoms with Crippen molar-refractivity contribution in [1.29, 1.82) is 0 Å². The molecule has 1 amide bonds. The Balaban J connectivity index is 1.59. The van der Waals surface area contributed by atoms with Crippen LogP contribution < -0.4 is 0 Å². The number of benzene rings is 2. The molecule has 0 bridgehead atoms. The molecule has 1 fully saturated rings. The fourth-order valence-electron chi connectivity index (χ4n) is 3.05. The highest BCUT2D eigenvalue weighted by Crippen LogP contribution is 2.22. The number of carbonyl (C=O) groups excluding carboxylic acids is 1. The lowest BCUT2D eigenvalue weighted by Gasteiger charge is -2.34. The lowest BCUT2D eigenvalue weighted by atomic mass is 10.1. The summed E-state index contributed by atoms with van der Waals surface area (Å²) in [6.45, 7) is 0.554. The standard InChI is InChI=1S/C19H20F2N2O3S/c20-16-7-8-17(21)18(14-16)27(25,26)23-12-10-22(11-13-23)19(24)9-6-15-4-2-1-3-5-15/h1-5,7-8,14H,6,9-13H2. The molecule has 3 rings (SSSR count). The van der Waals surface area contributed by atoms with E-state index >= 15 is 0 Å². The summed E-state index contributed by atoms with van der Waals surface area (Å²) in [4.78, 5) is 13.3. The SMILES string of the molecule is O=C(CCc1ccccc1)N1CCN(S(=O)(=O)c2cc(F)ccc2F)CC1. The number of sulfonamides is 1. The van der Waals surface area contributed by atoms with Gasteiger partial charge in [-0.1, -0.05) is 30.3 Å². The van der Waals surface area contributed by atoms with E-state index < -0.39 is 26.6 Å². The number of halogens is 2. The summed E-state index contributed by atoms with van der Waals surface area (Å²) in [7, 11) is -4.14. The van der Waals surface area contributed by atoms with Gasteiger partial charge in [-0.05, 0) is 30.2 Å². The van der Waals surface area contributed by atoms with Crippen LogP contribution in [0.2, 0.25) is 0 Å². The van der Waals surface area contributed by atoms with Crippen LogP contribution in [0.15, 0.2) is 53.4 Å². The van der Waals surface area contributed by atoms with Crippen molar-refractivity contribution in [3.05, 3.63) is 65.7 Å². The van der Waals surface area contributed by atoms with Crippen molar-refractivity contribution >= 4 is 15.9 Å². The molecule has 8 heteroatoms. The van der Waals surface area contributed by atoms with Crippen molar-refractivity contribution in [3.8, 4) is 0 Å². The minimum atomic E-state index is -4.14. The van der Waals surface area contributed by atoms with E-state index in [9.17, 15) is 22.0 Å². The number of aryl methyl sites for hydroxylation is 1. The molecule has 1 aliphatic rings. The van der Waals surface area contributed by atoms with Gasteiger partial charge in [0.15, 0.2) is 0 Å². The zero-order valence-electron chi connectivity index (χ0n) is 14.6. The van der Waals surface area contributed by atoms with Crippen molar-refractivity contribution in [2.45, 2.75) is 17.7 Å². The first-order valence-electron chi connectivity index (χ1n) is 8.65. The molecule has 2 aromatic carbocycles. The van der Waals surface area contributed by atoms with Crippen LogP contribution in [0, 0.1) is 11.6 Å². The van der Waals surface area contributed by atoms with Crippen molar-refractivity contribution in [3.63, 3.8) is 0 Å². The van der Waals surface area contributed by atoms with E-state index in [-0.39, 0.29) is 32.1 Å². The molecule has 144 valence electrons. The van der Waals surface area contributed by atoms with Gasteiger partial charge in [0.1, 0.15) is 16.5 Å². The van der Waals surface area contributed by atoms with Crippen molar-refractivity contribution < 1.29 is 22.0 Å². The normalized spacial score (nSPS) is 15.7.